The van der Waals surface area contributed by atoms with Crippen molar-refractivity contribution in [1.29, 1.82) is 0 Å². The quantitative estimate of drug-likeness (QED) is 0.0525. The molecular weight excluding hydrogens is 444 g/mol. The molecule has 0 bridgehead atoms. The minimum atomic E-state index is -0.686. The number of carbonyl (C=O) groups is 3. The predicted octanol–water partition coefficient (Wildman–Crippen LogP) is 6.97. The fourth-order valence-electron chi connectivity index (χ4n) is 3.41. The van der Waals surface area contributed by atoms with Gasteiger partial charge in [-0.25, -0.2) is 14.4 Å². The first kappa shape index (κ1) is 30.1. The molecule has 0 fully saturated rings. The number of benzene rings is 1. The molecule has 0 aliphatic heterocycles. The molecule has 0 aliphatic carbocycles. The molecule has 0 amide bonds. The molecule has 0 spiro atoms. The van der Waals surface area contributed by atoms with E-state index in [4.69, 9.17) is 14.2 Å². The van der Waals surface area contributed by atoms with E-state index in [0.29, 0.717) is 11.3 Å². The molecule has 1 aromatic rings. The van der Waals surface area contributed by atoms with Gasteiger partial charge in [-0.05, 0) is 36.6 Å². The molecule has 0 atom stereocenters. The second-order valence-electron chi connectivity index (χ2n) is 8.56. The molecule has 0 aliphatic rings. The highest BCUT2D eigenvalue weighted by molar-refractivity contribution is 6.17. The molecule has 0 unspecified atom stereocenters. The summed E-state index contributed by atoms with van der Waals surface area (Å²) in [6, 6.07) is 6.45. The van der Waals surface area contributed by atoms with Crippen molar-refractivity contribution in [3.63, 3.8) is 0 Å². The molecule has 6 heteroatoms. The number of ether oxygens (including phenoxy) is 3. The zero-order valence-corrected chi connectivity index (χ0v) is 21.5. The Morgan fingerprint density at radius 3 is 1.63 bits per heavy atom. The fraction of sp³-hybridized carbons (Fsp3) is 0.552. The number of carbonyl (C=O) groups excluding carboxylic acids is 3. The Hall–Kier alpha value is -2.89. The lowest BCUT2D eigenvalue weighted by Crippen LogP contribution is -2.19. The molecule has 0 aromatic heterocycles. The minimum Gasteiger partial charge on any atom is -0.462 e. The molecule has 6 nitrogen and oxygen atoms in total. The van der Waals surface area contributed by atoms with Crippen LogP contribution in [0.2, 0.25) is 0 Å². The number of hydrogen-bond acceptors (Lipinski definition) is 6. The van der Waals surface area contributed by atoms with E-state index in [1.807, 2.05) is 0 Å². The maximum absolute atomic E-state index is 12.7. The van der Waals surface area contributed by atoms with E-state index in [-0.39, 0.29) is 18.8 Å². The molecule has 0 heterocycles. The van der Waals surface area contributed by atoms with Gasteiger partial charge in [-0.3, -0.25) is 0 Å². The van der Waals surface area contributed by atoms with Crippen LogP contribution in [-0.4, -0.2) is 31.1 Å². The third kappa shape index (κ3) is 14.2. The average Bonchev–Trinajstić information content (AvgIpc) is 2.86. The maximum atomic E-state index is 12.7. The summed E-state index contributed by atoms with van der Waals surface area (Å²) in [5, 5.41) is 0. The summed E-state index contributed by atoms with van der Waals surface area (Å²) in [7, 11) is 0. The SMILES string of the molecule is C=CC(=O)Oc1ccc(C=C(C(=O)OCCCCCCCC)C(=O)OCCCCCCCC)cc1. The molecule has 0 N–H and O–H groups in total. The third-order valence-corrected chi connectivity index (χ3v) is 5.48. The summed E-state index contributed by atoms with van der Waals surface area (Å²) < 4.78 is 15.8. The second kappa shape index (κ2) is 19.4. The van der Waals surface area contributed by atoms with Gasteiger partial charge in [-0.15, -0.1) is 0 Å². The van der Waals surface area contributed by atoms with Crippen molar-refractivity contribution in [3.8, 4) is 5.75 Å². The van der Waals surface area contributed by atoms with Gasteiger partial charge in [0, 0.05) is 6.08 Å². The van der Waals surface area contributed by atoms with Crippen molar-refractivity contribution in [3.05, 3.63) is 48.1 Å². The van der Waals surface area contributed by atoms with E-state index in [0.717, 1.165) is 44.6 Å². The van der Waals surface area contributed by atoms with Gasteiger partial charge in [0.15, 0.2) is 0 Å². The molecule has 0 radical (unpaired) electrons. The Balaban J connectivity index is 2.73. The number of esters is 3. The van der Waals surface area contributed by atoms with Crippen LogP contribution in [0.4, 0.5) is 0 Å². The normalized spacial score (nSPS) is 10.3. The van der Waals surface area contributed by atoms with Crippen molar-refractivity contribution in [2.24, 2.45) is 0 Å². The standard InChI is InChI=1S/C29H42O6/c1-4-7-9-11-13-15-21-33-28(31)26(29(32)34-22-16-14-12-10-8-5-2)23-24-17-19-25(20-18-24)35-27(30)6-3/h6,17-20,23H,3-5,7-16,21-22H2,1-2H3. The van der Waals surface area contributed by atoms with Gasteiger partial charge < -0.3 is 14.2 Å². The van der Waals surface area contributed by atoms with E-state index in [1.165, 1.54) is 44.6 Å². The van der Waals surface area contributed by atoms with Crippen molar-refractivity contribution >= 4 is 24.0 Å². The summed E-state index contributed by atoms with van der Waals surface area (Å²) in [6.07, 6.45) is 15.4. The van der Waals surface area contributed by atoms with Crippen LogP contribution in [0.25, 0.3) is 6.08 Å². The number of hydrogen-bond donors (Lipinski definition) is 0. The van der Waals surface area contributed by atoms with Crippen LogP contribution in [0.15, 0.2) is 42.5 Å². The Morgan fingerprint density at radius 2 is 1.17 bits per heavy atom. The summed E-state index contributed by atoms with van der Waals surface area (Å²) in [5.74, 6) is -1.60. The van der Waals surface area contributed by atoms with Crippen molar-refractivity contribution < 1.29 is 28.6 Å². The lowest BCUT2D eigenvalue weighted by atomic mass is 10.1. The monoisotopic (exact) mass is 486 g/mol. The molecule has 0 saturated carbocycles. The van der Waals surface area contributed by atoms with Crippen LogP contribution in [0, 0.1) is 0 Å². The first-order chi connectivity index (χ1) is 17.0. The topological polar surface area (TPSA) is 78.9 Å². The van der Waals surface area contributed by atoms with E-state index in [1.54, 1.807) is 24.3 Å². The summed E-state index contributed by atoms with van der Waals surface area (Å²) in [4.78, 5) is 36.8. The van der Waals surface area contributed by atoms with Crippen LogP contribution in [0.5, 0.6) is 5.75 Å². The van der Waals surface area contributed by atoms with E-state index < -0.39 is 17.9 Å². The molecular formula is C29H42O6. The fourth-order valence-corrected chi connectivity index (χ4v) is 3.41. The van der Waals surface area contributed by atoms with Crippen molar-refractivity contribution in [1.82, 2.24) is 0 Å². The number of rotatable bonds is 19. The zero-order chi connectivity index (χ0) is 25.7. The Morgan fingerprint density at radius 1 is 0.714 bits per heavy atom. The number of unbranched alkanes of at least 4 members (excludes halogenated alkanes) is 10. The van der Waals surface area contributed by atoms with Crippen LogP contribution < -0.4 is 4.74 Å². The minimum absolute atomic E-state index is 0.141. The van der Waals surface area contributed by atoms with Crippen molar-refractivity contribution in [2.45, 2.75) is 90.9 Å². The second-order valence-corrected chi connectivity index (χ2v) is 8.56. The highest BCUT2D eigenvalue weighted by Crippen LogP contribution is 2.17. The Kier molecular flexibility index (Phi) is 16.7. The molecule has 35 heavy (non-hydrogen) atoms. The molecule has 194 valence electrons. The molecule has 0 saturated heterocycles. The maximum Gasteiger partial charge on any atom is 0.345 e. The van der Waals surface area contributed by atoms with E-state index in [2.05, 4.69) is 20.4 Å². The van der Waals surface area contributed by atoms with Crippen LogP contribution >= 0.6 is 0 Å². The highest BCUT2D eigenvalue weighted by atomic mass is 16.6. The summed E-state index contributed by atoms with van der Waals surface area (Å²) >= 11 is 0. The largest absolute Gasteiger partial charge is 0.462 e. The predicted molar refractivity (Wildman–Crippen MR) is 139 cm³/mol. The Bertz CT molecular complexity index is 762. The first-order valence-electron chi connectivity index (χ1n) is 13.0. The van der Waals surface area contributed by atoms with Gasteiger partial charge in [0.1, 0.15) is 11.3 Å². The molecule has 1 aromatic carbocycles. The van der Waals surface area contributed by atoms with Gasteiger partial charge in [0.05, 0.1) is 13.2 Å². The average molecular weight is 487 g/mol. The van der Waals surface area contributed by atoms with Crippen LogP contribution in [0.1, 0.15) is 96.5 Å². The van der Waals surface area contributed by atoms with E-state index >= 15 is 0 Å². The van der Waals surface area contributed by atoms with Gasteiger partial charge in [-0.2, -0.15) is 0 Å². The summed E-state index contributed by atoms with van der Waals surface area (Å²) in [6.45, 7) is 8.24. The van der Waals surface area contributed by atoms with E-state index in [9.17, 15) is 14.4 Å². The molecule has 1 rings (SSSR count). The van der Waals surface area contributed by atoms with Crippen LogP contribution in [-0.2, 0) is 23.9 Å². The lowest BCUT2D eigenvalue weighted by Gasteiger charge is -2.10. The van der Waals surface area contributed by atoms with Crippen molar-refractivity contribution in [2.75, 3.05) is 13.2 Å². The van der Waals surface area contributed by atoms with Gasteiger partial charge in [0.25, 0.3) is 0 Å². The third-order valence-electron chi connectivity index (χ3n) is 5.48. The van der Waals surface area contributed by atoms with Gasteiger partial charge in [-0.1, -0.05) is 96.8 Å². The Labute approximate surface area is 210 Å². The lowest BCUT2D eigenvalue weighted by molar-refractivity contribution is -0.147. The zero-order valence-electron chi connectivity index (χ0n) is 21.5. The van der Waals surface area contributed by atoms with Gasteiger partial charge >= 0.3 is 17.9 Å². The smallest absolute Gasteiger partial charge is 0.345 e. The first-order valence-corrected chi connectivity index (χ1v) is 13.0. The highest BCUT2D eigenvalue weighted by Gasteiger charge is 2.21. The van der Waals surface area contributed by atoms with Gasteiger partial charge in [0.2, 0.25) is 0 Å². The van der Waals surface area contributed by atoms with Crippen LogP contribution in [0.3, 0.4) is 0 Å². The summed E-state index contributed by atoms with van der Waals surface area (Å²) in [5.41, 5.74) is 0.448.